The van der Waals surface area contributed by atoms with Crippen molar-refractivity contribution in [1.82, 2.24) is 5.32 Å². The molecule has 1 aliphatic rings. The van der Waals surface area contributed by atoms with Gasteiger partial charge in [0.25, 0.3) is 0 Å². The van der Waals surface area contributed by atoms with Gasteiger partial charge in [-0.1, -0.05) is 29.8 Å². The van der Waals surface area contributed by atoms with Gasteiger partial charge in [0.2, 0.25) is 0 Å². The summed E-state index contributed by atoms with van der Waals surface area (Å²) in [5, 5.41) is 13.3. The van der Waals surface area contributed by atoms with E-state index in [1.54, 1.807) is 6.07 Å². The zero-order valence-electron chi connectivity index (χ0n) is 10.4. The Kier molecular flexibility index (Phi) is 4.10. The van der Waals surface area contributed by atoms with Crippen molar-refractivity contribution < 1.29 is 5.11 Å². The first-order valence-corrected chi connectivity index (χ1v) is 7.08. The molecule has 1 saturated carbocycles. The molecule has 0 heterocycles. The van der Waals surface area contributed by atoms with Gasteiger partial charge in [0, 0.05) is 22.6 Å². The van der Waals surface area contributed by atoms with Gasteiger partial charge in [-0.15, -0.1) is 0 Å². The van der Waals surface area contributed by atoms with E-state index in [-0.39, 0.29) is 0 Å². The molecule has 0 saturated heterocycles. The largest absolute Gasteiger partial charge is 0.508 e. The summed E-state index contributed by atoms with van der Waals surface area (Å²) < 4.78 is 1.01. The average molecular weight is 298 g/mol. The highest BCUT2D eigenvalue weighted by molar-refractivity contribution is 9.10. The first-order valence-electron chi connectivity index (χ1n) is 6.28. The van der Waals surface area contributed by atoms with Crippen LogP contribution in [0.4, 0.5) is 0 Å². The van der Waals surface area contributed by atoms with E-state index in [4.69, 9.17) is 0 Å². The van der Waals surface area contributed by atoms with Crippen molar-refractivity contribution in [3.63, 3.8) is 0 Å². The topological polar surface area (TPSA) is 32.3 Å². The Labute approximate surface area is 112 Å². The Morgan fingerprint density at radius 3 is 2.76 bits per heavy atom. The van der Waals surface area contributed by atoms with Gasteiger partial charge in [-0.05, 0) is 42.9 Å². The molecule has 2 rings (SSSR count). The number of aromatic hydroxyl groups is 1. The van der Waals surface area contributed by atoms with E-state index in [0.29, 0.717) is 11.8 Å². The number of phenolic OH excluding ortho intramolecular Hbond substituents is 1. The summed E-state index contributed by atoms with van der Waals surface area (Å²) in [6.07, 6.45) is 2.56. The van der Waals surface area contributed by atoms with Gasteiger partial charge in [-0.2, -0.15) is 0 Å². The van der Waals surface area contributed by atoms with Gasteiger partial charge in [0.15, 0.2) is 0 Å². The molecule has 2 N–H and O–H groups in total. The van der Waals surface area contributed by atoms with E-state index in [0.717, 1.165) is 28.4 Å². The van der Waals surface area contributed by atoms with E-state index < -0.39 is 0 Å². The minimum absolute atomic E-state index is 0.374. The van der Waals surface area contributed by atoms with Gasteiger partial charge < -0.3 is 10.4 Å². The Morgan fingerprint density at radius 1 is 1.35 bits per heavy atom. The summed E-state index contributed by atoms with van der Waals surface area (Å²) in [4.78, 5) is 0. The maximum absolute atomic E-state index is 9.77. The fourth-order valence-electron chi connectivity index (χ4n) is 2.59. The maximum Gasteiger partial charge on any atom is 0.120 e. The molecule has 0 aliphatic heterocycles. The smallest absolute Gasteiger partial charge is 0.120 e. The monoisotopic (exact) mass is 297 g/mol. The molecule has 1 aromatic carbocycles. The number of hydrogen-bond donors (Lipinski definition) is 2. The normalized spacial score (nSPS) is 28.5. The number of benzene rings is 1. The van der Waals surface area contributed by atoms with E-state index >= 15 is 0 Å². The summed E-state index contributed by atoms with van der Waals surface area (Å²) >= 11 is 3.43. The second-order valence-corrected chi connectivity index (χ2v) is 6.09. The molecular weight excluding hydrogens is 278 g/mol. The molecule has 1 aromatic rings. The summed E-state index contributed by atoms with van der Waals surface area (Å²) in [5.74, 6) is 1.91. The molecular formula is C14H20BrNO. The highest BCUT2D eigenvalue weighted by Gasteiger charge is 2.29. The molecule has 0 bridgehead atoms. The van der Waals surface area contributed by atoms with Crippen molar-refractivity contribution >= 4 is 15.9 Å². The number of halogens is 1. The number of phenols is 1. The number of hydrogen-bond acceptors (Lipinski definition) is 2. The Balaban J connectivity index is 1.96. The standard InChI is InChI=1S/C14H20BrNO/c1-9-3-5-13(10(9)2)16-8-11-7-12(15)4-6-14(11)17/h4,6-7,9-10,13,16-17H,3,5,8H2,1-2H3. The lowest BCUT2D eigenvalue weighted by atomic mass is 9.97. The van der Waals surface area contributed by atoms with Crippen LogP contribution in [0.1, 0.15) is 32.3 Å². The van der Waals surface area contributed by atoms with Crippen LogP contribution in [0.3, 0.4) is 0 Å². The molecule has 0 aromatic heterocycles. The van der Waals surface area contributed by atoms with Crippen LogP contribution < -0.4 is 5.32 Å². The summed E-state index contributed by atoms with van der Waals surface area (Å²) in [7, 11) is 0. The fraction of sp³-hybridized carbons (Fsp3) is 0.571. The van der Waals surface area contributed by atoms with Crippen molar-refractivity contribution in [3.05, 3.63) is 28.2 Å². The first-order chi connectivity index (χ1) is 8.08. The second-order valence-electron chi connectivity index (χ2n) is 5.17. The second kappa shape index (κ2) is 5.40. The van der Waals surface area contributed by atoms with Crippen molar-refractivity contribution in [3.8, 4) is 5.75 Å². The number of rotatable bonds is 3. The maximum atomic E-state index is 9.77. The molecule has 94 valence electrons. The lowest BCUT2D eigenvalue weighted by molar-refractivity contribution is 0.367. The predicted octanol–water partition coefficient (Wildman–Crippen LogP) is 3.68. The Morgan fingerprint density at radius 2 is 2.12 bits per heavy atom. The Bertz CT molecular complexity index is 394. The lowest BCUT2D eigenvalue weighted by Crippen LogP contribution is -2.31. The fourth-order valence-corrected chi connectivity index (χ4v) is 3.00. The van der Waals surface area contributed by atoms with Crippen LogP contribution in [0.25, 0.3) is 0 Å². The van der Waals surface area contributed by atoms with Gasteiger partial charge >= 0.3 is 0 Å². The molecule has 0 amide bonds. The van der Waals surface area contributed by atoms with E-state index in [1.807, 2.05) is 12.1 Å². The average Bonchev–Trinajstić information content (AvgIpc) is 2.62. The van der Waals surface area contributed by atoms with Gasteiger partial charge in [0.1, 0.15) is 5.75 Å². The predicted molar refractivity (Wildman–Crippen MR) is 74.0 cm³/mol. The van der Waals surface area contributed by atoms with Crippen LogP contribution in [-0.2, 0) is 6.54 Å². The molecule has 0 spiro atoms. The van der Waals surface area contributed by atoms with Gasteiger partial charge in [0.05, 0.1) is 0 Å². The van der Waals surface area contributed by atoms with Crippen LogP contribution in [0, 0.1) is 11.8 Å². The van der Waals surface area contributed by atoms with Crippen molar-refractivity contribution in [2.45, 2.75) is 39.3 Å². The van der Waals surface area contributed by atoms with Crippen molar-refractivity contribution in [1.29, 1.82) is 0 Å². The van der Waals surface area contributed by atoms with Crippen LogP contribution in [-0.4, -0.2) is 11.1 Å². The van der Waals surface area contributed by atoms with Crippen LogP contribution in [0.5, 0.6) is 5.75 Å². The molecule has 1 fully saturated rings. The van der Waals surface area contributed by atoms with Crippen molar-refractivity contribution in [2.24, 2.45) is 11.8 Å². The minimum atomic E-state index is 0.374. The molecule has 0 radical (unpaired) electrons. The van der Waals surface area contributed by atoms with Crippen molar-refractivity contribution in [2.75, 3.05) is 0 Å². The zero-order chi connectivity index (χ0) is 12.4. The third kappa shape index (κ3) is 3.02. The molecule has 3 unspecified atom stereocenters. The van der Waals surface area contributed by atoms with E-state index in [2.05, 4.69) is 35.1 Å². The molecule has 1 aliphatic carbocycles. The molecule has 17 heavy (non-hydrogen) atoms. The third-order valence-electron chi connectivity index (χ3n) is 4.06. The summed E-state index contributed by atoms with van der Waals surface area (Å²) in [5.41, 5.74) is 0.964. The lowest BCUT2D eigenvalue weighted by Gasteiger charge is -2.20. The quantitative estimate of drug-likeness (QED) is 0.892. The molecule has 3 atom stereocenters. The minimum Gasteiger partial charge on any atom is -0.508 e. The first kappa shape index (κ1) is 12.9. The van der Waals surface area contributed by atoms with Crippen LogP contribution in [0.2, 0.25) is 0 Å². The van der Waals surface area contributed by atoms with E-state index in [1.165, 1.54) is 12.8 Å². The zero-order valence-corrected chi connectivity index (χ0v) is 12.0. The molecule has 3 heteroatoms. The summed E-state index contributed by atoms with van der Waals surface area (Å²) in [6.45, 7) is 5.38. The highest BCUT2D eigenvalue weighted by atomic mass is 79.9. The summed E-state index contributed by atoms with van der Waals surface area (Å²) in [6, 6.07) is 6.16. The van der Waals surface area contributed by atoms with Crippen LogP contribution in [0.15, 0.2) is 22.7 Å². The van der Waals surface area contributed by atoms with Crippen LogP contribution >= 0.6 is 15.9 Å². The van der Waals surface area contributed by atoms with E-state index in [9.17, 15) is 5.11 Å². The highest BCUT2D eigenvalue weighted by Crippen LogP contribution is 2.31. The molecule has 2 nitrogen and oxygen atoms in total. The Hall–Kier alpha value is -0.540. The SMILES string of the molecule is CC1CCC(NCc2cc(Br)ccc2O)C1C. The third-order valence-corrected chi connectivity index (χ3v) is 4.55. The van der Waals surface area contributed by atoms with Gasteiger partial charge in [-0.25, -0.2) is 0 Å². The number of nitrogens with one attached hydrogen (secondary N) is 1. The van der Waals surface area contributed by atoms with Gasteiger partial charge in [-0.3, -0.25) is 0 Å².